The molecule has 86 valence electrons. The van der Waals surface area contributed by atoms with Crippen LogP contribution in [0.1, 0.15) is 12.5 Å². The molecule has 4 heteroatoms. The summed E-state index contributed by atoms with van der Waals surface area (Å²) < 4.78 is 10.3. The van der Waals surface area contributed by atoms with Gasteiger partial charge in [0.05, 0.1) is 12.8 Å². The summed E-state index contributed by atoms with van der Waals surface area (Å²) in [6, 6.07) is 5.78. The molecule has 0 spiro atoms. The first kappa shape index (κ1) is 10.8. The van der Waals surface area contributed by atoms with E-state index >= 15 is 0 Å². The molecule has 0 aromatic heterocycles. The number of hydrogen-bond donors (Lipinski definition) is 1. The van der Waals surface area contributed by atoms with Crippen molar-refractivity contribution in [2.45, 2.75) is 19.4 Å². The second kappa shape index (κ2) is 3.70. The van der Waals surface area contributed by atoms with Crippen LogP contribution in [-0.4, -0.2) is 25.2 Å². The molecule has 16 heavy (non-hydrogen) atoms. The molecule has 1 N–H and O–H groups in total. The van der Waals surface area contributed by atoms with Gasteiger partial charge < -0.3 is 14.8 Å². The van der Waals surface area contributed by atoms with Crippen LogP contribution >= 0.6 is 0 Å². The van der Waals surface area contributed by atoms with Crippen molar-refractivity contribution in [3.05, 3.63) is 23.8 Å². The van der Waals surface area contributed by atoms with E-state index in [0.29, 0.717) is 0 Å². The Bertz CT molecular complexity index is 430. The molecule has 0 radical (unpaired) electrons. The minimum atomic E-state index is -0.812. The fourth-order valence-electron chi connectivity index (χ4n) is 1.79. The smallest absolute Gasteiger partial charge is 0.334 e. The van der Waals surface area contributed by atoms with E-state index in [2.05, 4.69) is 5.32 Å². The maximum atomic E-state index is 11.6. The zero-order valence-corrected chi connectivity index (χ0v) is 9.66. The predicted molar refractivity (Wildman–Crippen MR) is 60.7 cm³/mol. The molecular weight excluding hydrogens is 206 g/mol. The Morgan fingerprint density at radius 2 is 2.31 bits per heavy atom. The van der Waals surface area contributed by atoms with Gasteiger partial charge in [0.2, 0.25) is 0 Å². The lowest BCUT2D eigenvalue weighted by Gasteiger charge is -2.34. The number of fused-ring (bicyclic) bond motifs is 1. The normalized spacial score (nSPS) is 22.7. The van der Waals surface area contributed by atoms with Crippen molar-refractivity contribution < 1.29 is 14.3 Å². The molecule has 1 aromatic rings. The molecule has 0 saturated heterocycles. The van der Waals surface area contributed by atoms with Gasteiger partial charge in [-0.3, -0.25) is 0 Å². The largest absolute Gasteiger partial charge is 0.488 e. The van der Waals surface area contributed by atoms with Gasteiger partial charge in [-0.1, -0.05) is 12.1 Å². The van der Waals surface area contributed by atoms with Gasteiger partial charge in [-0.2, -0.15) is 0 Å². The van der Waals surface area contributed by atoms with Gasteiger partial charge in [0.25, 0.3) is 0 Å². The second-order valence-corrected chi connectivity index (χ2v) is 4.19. The van der Waals surface area contributed by atoms with Crippen molar-refractivity contribution in [2.24, 2.45) is 0 Å². The summed E-state index contributed by atoms with van der Waals surface area (Å²) in [6.07, 6.45) is 0. The average molecular weight is 221 g/mol. The number of carbonyl (C=O) groups is 1. The highest BCUT2D eigenvalue weighted by atomic mass is 16.5. The Morgan fingerprint density at radius 1 is 1.56 bits per heavy atom. The summed E-state index contributed by atoms with van der Waals surface area (Å²) in [4.78, 5) is 11.6. The van der Waals surface area contributed by atoms with Crippen LogP contribution in [0.2, 0.25) is 0 Å². The Labute approximate surface area is 94.6 Å². The van der Waals surface area contributed by atoms with E-state index in [0.717, 1.165) is 17.0 Å². The molecule has 0 aliphatic carbocycles. The summed E-state index contributed by atoms with van der Waals surface area (Å²) in [6.45, 7) is 4.02. The third-order valence-electron chi connectivity index (χ3n) is 2.79. The highest BCUT2D eigenvalue weighted by Crippen LogP contribution is 2.35. The van der Waals surface area contributed by atoms with E-state index in [-0.39, 0.29) is 12.6 Å². The summed E-state index contributed by atoms with van der Waals surface area (Å²) in [7, 11) is 1.38. The molecule has 1 unspecified atom stereocenters. The molecular formula is C12H15NO3. The highest BCUT2D eigenvalue weighted by molar-refractivity contribution is 5.86. The van der Waals surface area contributed by atoms with Crippen molar-refractivity contribution >= 4 is 11.7 Å². The van der Waals surface area contributed by atoms with Crippen molar-refractivity contribution in [3.8, 4) is 5.75 Å². The number of rotatable bonds is 1. The lowest BCUT2D eigenvalue weighted by atomic mass is 10.00. The Hall–Kier alpha value is -1.71. The molecule has 1 atom stereocenters. The maximum absolute atomic E-state index is 11.6. The van der Waals surface area contributed by atoms with Gasteiger partial charge in [0.1, 0.15) is 12.4 Å². The number of esters is 1. The van der Waals surface area contributed by atoms with Crippen molar-refractivity contribution in [2.75, 3.05) is 19.0 Å². The van der Waals surface area contributed by atoms with Crippen LogP contribution in [0.15, 0.2) is 18.2 Å². The molecule has 4 nitrogen and oxygen atoms in total. The zero-order valence-electron chi connectivity index (χ0n) is 9.66. The first-order valence-corrected chi connectivity index (χ1v) is 5.16. The van der Waals surface area contributed by atoms with Crippen LogP contribution in [0, 0.1) is 6.92 Å². The Kier molecular flexibility index (Phi) is 2.50. The Balaban J connectivity index is 2.36. The predicted octanol–water partition coefficient (Wildman–Crippen LogP) is 1.73. The van der Waals surface area contributed by atoms with Crippen molar-refractivity contribution in [3.63, 3.8) is 0 Å². The number of ether oxygens (including phenoxy) is 2. The van der Waals surface area contributed by atoms with E-state index in [9.17, 15) is 4.79 Å². The lowest BCUT2D eigenvalue weighted by molar-refractivity contribution is -0.146. The quantitative estimate of drug-likeness (QED) is 0.734. The SMILES string of the molecule is COC(=O)C1(C)COc2cccc(C)c2N1. The van der Waals surface area contributed by atoms with Gasteiger partial charge in [0.15, 0.2) is 5.54 Å². The number of nitrogens with one attached hydrogen (secondary N) is 1. The van der Waals surface area contributed by atoms with E-state index in [1.165, 1.54) is 7.11 Å². The molecule has 1 aliphatic rings. The molecule has 0 saturated carbocycles. The molecule has 1 heterocycles. The van der Waals surface area contributed by atoms with Crippen LogP contribution < -0.4 is 10.1 Å². The Morgan fingerprint density at radius 3 is 3.00 bits per heavy atom. The van der Waals surface area contributed by atoms with Crippen LogP contribution in [-0.2, 0) is 9.53 Å². The first-order valence-electron chi connectivity index (χ1n) is 5.16. The first-order chi connectivity index (χ1) is 7.57. The number of hydrogen-bond acceptors (Lipinski definition) is 4. The summed E-state index contributed by atoms with van der Waals surface area (Å²) in [5, 5.41) is 3.19. The van der Waals surface area contributed by atoms with Crippen LogP contribution in [0.3, 0.4) is 0 Å². The summed E-state index contributed by atoms with van der Waals surface area (Å²) in [5.41, 5.74) is 1.10. The van der Waals surface area contributed by atoms with Gasteiger partial charge >= 0.3 is 5.97 Å². The maximum Gasteiger partial charge on any atom is 0.334 e. The van der Waals surface area contributed by atoms with Crippen LogP contribution in [0.4, 0.5) is 5.69 Å². The van der Waals surface area contributed by atoms with Crippen LogP contribution in [0.5, 0.6) is 5.75 Å². The fraction of sp³-hybridized carbons (Fsp3) is 0.417. The standard InChI is InChI=1S/C12H15NO3/c1-8-5-4-6-9-10(8)13-12(2,7-16-9)11(14)15-3/h4-6,13H,7H2,1-3H3. The number of carbonyl (C=O) groups excluding carboxylic acids is 1. The lowest BCUT2D eigenvalue weighted by Crippen LogP contribution is -2.51. The molecule has 0 fully saturated rings. The minimum absolute atomic E-state index is 0.274. The molecule has 1 aromatic carbocycles. The summed E-state index contributed by atoms with van der Waals surface area (Å²) in [5.74, 6) is 0.461. The number of benzene rings is 1. The van der Waals surface area contributed by atoms with Crippen molar-refractivity contribution in [1.82, 2.24) is 0 Å². The van der Waals surface area contributed by atoms with E-state index in [1.807, 2.05) is 25.1 Å². The van der Waals surface area contributed by atoms with E-state index in [4.69, 9.17) is 9.47 Å². The molecule has 0 amide bonds. The van der Waals surface area contributed by atoms with E-state index < -0.39 is 5.54 Å². The summed E-state index contributed by atoms with van der Waals surface area (Å²) >= 11 is 0. The number of methoxy groups -OCH3 is 1. The van der Waals surface area contributed by atoms with Gasteiger partial charge in [-0.15, -0.1) is 0 Å². The molecule has 2 rings (SSSR count). The number of para-hydroxylation sites is 1. The van der Waals surface area contributed by atoms with Gasteiger partial charge in [-0.05, 0) is 25.5 Å². The topological polar surface area (TPSA) is 47.6 Å². The van der Waals surface area contributed by atoms with E-state index in [1.54, 1.807) is 6.92 Å². The zero-order chi connectivity index (χ0) is 11.8. The van der Waals surface area contributed by atoms with Crippen molar-refractivity contribution in [1.29, 1.82) is 0 Å². The van der Waals surface area contributed by atoms with Gasteiger partial charge in [0, 0.05) is 0 Å². The molecule has 1 aliphatic heterocycles. The monoisotopic (exact) mass is 221 g/mol. The minimum Gasteiger partial charge on any atom is -0.488 e. The van der Waals surface area contributed by atoms with Crippen LogP contribution in [0.25, 0.3) is 0 Å². The van der Waals surface area contributed by atoms with Gasteiger partial charge in [-0.25, -0.2) is 4.79 Å². The highest BCUT2D eigenvalue weighted by Gasteiger charge is 2.39. The third-order valence-corrected chi connectivity index (χ3v) is 2.79. The number of anilines is 1. The number of aryl methyl sites for hydroxylation is 1. The molecule has 0 bridgehead atoms. The third kappa shape index (κ3) is 1.60. The fourth-order valence-corrected chi connectivity index (χ4v) is 1.79. The average Bonchev–Trinajstić information content (AvgIpc) is 2.29. The second-order valence-electron chi connectivity index (χ2n) is 4.19.